The Morgan fingerprint density at radius 1 is 1.19 bits per heavy atom. The van der Waals surface area contributed by atoms with Crippen LogP contribution in [0.3, 0.4) is 0 Å². The molecule has 0 saturated heterocycles. The molecule has 3 N–H and O–H groups in total. The molecule has 0 bridgehead atoms. The summed E-state index contributed by atoms with van der Waals surface area (Å²) >= 11 is 0. The zero-order valence-electron chi connectivity index (χ0n) is 14.9. The van der Waals surface area contributed by atoms with Crippen LogP contribution >= 0.6 is 0 Å². The van der Waals surface area contributed by atoms with Crippen LogP contribution in [0.5, 0.6) is 0 Å². The number of hydrogen-bond acceptors (Lipinski definition) is 4. The number of carbonyl (C=O) groups is 1. The van der Waals surface area contributed by atoms with Crippen molar-refractivity contribution in [1.82, 2.24) is 15.1 Å². The molecule has 5 heteroatoms. The number of carbonyl (C=O) groups excluding carboxylic acids is 1. The molecule has 0 aliphatic heterocycles. The standard InChI is InChI=1S/C16H36N4O/c1-7-20(13-9-11-19(5)6)12-8-10-16(4,15(17)21)18-14(2)3/h14,18H,7-13H2,1-6H3,(H2,17,21). The maximum Gasteiger partial charge on any atom is 0.237 e. The Morgan fingerprint density at radius 2 is 1.76 bits per heavy atom. The van der Waals surface area contributed by atoms with E-state index in [-0.39, 0.29) is 11.9 Å². The van der Waals surface area contributed by atoms with Crippen LogP contribution in [0.25, 0.3) is 0 Å². The summed E-state index contributed by atoms with van der Waals surface area (Å²) < 4.78 is 0. The van der Waals surface area contributed by atoms with Gasteiger partial charge in [-0.3, -0.25) is 4.79 Å². The van der Waals surface area contributed by atoms with Crippen LogP contribution < -0.4 is 11.1 Å². The van der Waals surface area contributed by atoms with Crippen LogP contribution in [-0.2, 0) is 4.79 Å². The minimum absolute atomic E-state index is 0.255. The van der Waals surface area contributed by atoms with Gasteiger partial charge in [0, 0.05) is 6.04 Å². The highest BCUT2D eigenvalue weighted by Crippen LogP contribution is 2.14. The third kappa shape index (κ3) is 9.06. The van der Waals surface area contributed by atoms with E-state index in [0.717, 1.165) is 39.0 Å². The van der Waals surface area contributed by atoms with Crippen LogP contribution in [0.1, 0.15) is 47.0 Å². The molecule has 0 heterocycles. The minimum atomic E-state index is -0.600. The predicted octanol–water partition coefficient (Wildman–Crippen LogP) is 1.28. The van der Waals surface area contributed by atoms with Crippen LogP contribution in [0.15, 0.2) is 0 Å². The van der Waals surface area contributed by atoms with Crippen LogP contribution in [0.4, 0.5) is 0 Å². The van der Waals surface area contributed by atoms with E-state index in [4.69, 9.17) is 5.73 Å². The predicted molar refractivity (Wildman–Crippen MR) is 90.4 cm³/mol. The van der Waals surface area contributed by atoms with Crippen molar-refractivity contribution in [3.8, 4) is 0 Å². The summed E-state index contributed by atoms with van der Waals surface area (Å²) in [6, 6.07) is 0.255. The molecule has 0 aliphatic rings. The number of primary amides is 1. The number of hydrogen-bond donors (Lipinski definition) is 2. The molecule has 0 aliphatic carbocycles. The normalized spacial score (nSPS) is 14.9. The summed E-state index contributed by atoms with van der Waals surface area (Å²) in [4.78, 5) is 16.3. The lowest BCUT2D eigenvalue weighted by Gasteiger charge is -2.31. The Kier molecular flexibility index (Phi) is 9.83. The maximum atomic E-state index is 11.7. The van der Waals surface area contributed by atoms with E-state index < -0.39 is 5.54 Å². The van der Waals surface area contributed by atoms with Crippen molar-refractivity contribution < 1.29 is 4.79 Å². The summed E-state index contributed by atoms with van der Waals surface area (Å²) in [5.74, 6) is -0.258. The number of amides is 1. The largest absolute Gasteiger partial charge is 0.368 e. The molecule has 0 fully saturated rings. The first-order valence-corrected chi connectivity index (χ1v) is 8.16. The smallest absolute Gasteiger partial charge is 0.237 e. The van der Waals surface area contributed by atoms with E-state index in [2.05, 4.69) is 36.1 Å². The van der Waals surface area contributed by atoms with Gasteiger partial charge >= 0.3 is 0 Å². The fourth-order valence-electron chi connectivity index (χ4n) is 2.60. The fourth-order valence-corrected chi connectivity index (χ4v) is 2.60. The van der Waals surface area contributed by atoms with Gasteiger partial charge in [0.25, 0.3) is 0 Å². The number of nitrogens with two attached hydrogens (primary N) is 1. The van der Waals surface area contributed by atoms with Crippen molar-refractivity contribution >= 4 is 5.91 Å². The molecule has 0 saturated carbocycles. The molecule has 0 aromatic heterocycles. The Hall–Kier alpha value is -0.650. The Balaban J connectivity index is 4.19. The quantitative estimate of drug-likeness (QED) is 0.570. The fraction of sp³-hybridized carbons (Fsp3) is 0.938. The van der Waals surface area contributed by atoms with Crippen LogP contribution in [0.2, 0.25) is 0 Å². The van der Waals surface area contributed by atoms with Gasteiger partial charge in [0.05, 0.1) is 5.54 Å². The molecule has 0 radical (unpaired) electrons. The molecule has 1 unspecified atom stereocenters. The molecule has 0 spiro atoms. The molecule has 21 heavy (non-hydrogen) atoms. The van der Waals surface area contributed by atoms with Crippen molar-refractivity contribution in [1.29, 1.82) is 0 Å². The van der Waals surface area contributed by atoms with Gasteiger partial charge in [-0.2, -0.15) is 0 Å². The SMILES string of the molecule is CCN(CCCN(C)C)CCCC(C)(NC(C)C)C(N)=O. The molecule has 0 aromatic carbocycles. The average Bonchev–Trinajstić information content (AvgIpc) is 2.35. The van der Waals surface area contributed by atoms with E-state index in [9.17, 15) is 4.79 Å². The van der Waals surface area contributed by atoms with Gasteiger partial charge in [-0.15, -0.1) is 0 Å². The first-order chi connectivity index (χ1) is 9.71. The monoisotopic (exact) mass is 300 g/mol. The molecule has 5 nitrogen and oxygen atoms in total. The highest BCUT2D eigenvalue weighted by atomic mass is 16.1. The van der Waals surface area contributed by atoms with Crippen molar-refractivity contribution in [3.63, 3.8) is 0 Å². The van der Waals surface area contributed by atoms with Gasteiger partial charge in [-0.25, -0.2) is 0 Å². The molecule has 0 aromatic rings. The van der Waals surface area contributed by atoms with E-state index in [1.165, 1.54) is 6.42 Å². The lowest BCUT2D eigenvalue weighted by Crippen LogP contribution is -2.55. The first-order valence-electron chi connectivity index (χ1n) is 8.16. The Bertz CT molecular complexity index is 294. The van der Waals surface area contributed by atoms with Gasteiger partial charge in [-0.05, 0) is 80.3 Å². The summed E-state index contributed by atoms with van der Waals surface area (Å²) in [6.45, 7) is 12.5. The molecular formula is C16H36N4O. The van der Waals surface area contributed by atoms with Crippen LogP contribution in [0, 0.1) is 0 Å². The average molecular weight is 300 g/mol. The topological polar surface area (TPSA) is 61.6 Å². The second-order valence-corrected chi connectivity index (χ2v) is 6.69. The van der Waals surface area contributed by atoms with Gasteiger partial charge in [0.1, 0.15) is 0 Å². The summed E-state index contributed by atoms with van der Waals surface area (Å²) in [7, 11) is 4.21. The first kappa shape index (κ1) is 20.3. The lowest BCUT2D eigenvalue weighted by atomic mass is 9.93. The number of nitrogens with zero attached hydrogens (tertiary/aromatic N) is 2. The zero-order chi connectivity index (χ0) is 16.5. The molecule has 1 amide bonds. The van der Waals surface area contributed by atoms with Gasteiger partial charge in [0.2, 0.25) is 5.91 Å². The summed E-state index contributed by atoms with van der Waals surface area (Å²) in [5.41, 5.74) is 4.96. The van der Waals surface area contributed by atoms with Crippen molar-refractivity contribution in [2.24, 2.45) is 5.73 Å². The highest BCUT2D eigenvalue weighted by Gasteiger charge is 2.30. The minimum Gasteiger partial charge on any atom is -0.368 e. The van der Waals surface area contributed by atoms with Gasteiger partial charge in [-0.1, -0.05) is 6.92 Å². The zero-order valence-corrected chi connectivity index (χ0v) is 14.9. The van der Waals surface area contributed by atoms with Gasteiger partial charge in [0.15, 0.2) is 0 Å². The second-order valence-electron chi connectivity index (χ2n) is 6.69. The van der Waals surface area contributed by atoms with E-state index in [0.29, 0.717) is 0 Å². The summed E-state index contributed by atoms with van der Waals surface area (Å²) in [6.07, 6.45) is 2.94. The van der Waals surface area contributed by atoms with Crippen molar-refractivity contribution in [2.45, 2.75) is 58.5 Å². The number of nitrogens with one attached hydrogen (secondary N) is 1. The molecular weight excluding hydrogens is 264 g/mol. The molecule has 126 valence electrons. The maximum absolute atomic E-state index is 11.7. The second kappa shape index (κ2) is 10.1. The van der Waals surface area contributed by atoms with Crippen molar-refractivity contribution in [2.75, 3.05) is 40.3 Å². The third-order valence-electron chi connectivity index (χ3n) is 3.83. The Morgan fingerprint density at radius 3 is 2.19 bits per heavy atom. The van der Waals surface area contributed by atoms with Crippen molar-refractivity contribution in [3.05, 3.63) is 0 Å². The van der Waals surface area contributed by atoms with Gasteiger partial charge < -0.3 is 20.9 Å². The highest BCUT2D eigenvalue weighted by molar-refractivity contribution is 5.84. The Labute approximate surface area is 131 Å². The van der Waals surface area contributed by atoms with E-state index in [1.54, 1.807) is 0 Å². The summed E-state index contributed by atoms with van der Waals surface area (Å²) in [5, 5.41) is 3.31. The van der Waals surface area contributed by atoms with E-state index in [1.807, 2.05) is 20.8 Å². The van der Waals surface area contributed by atoms with E-state index >= 15 is 0 Å². The third-order valence-corrected chi connectivity index (χ3v) is 3.83. The number of rotatable bonds is 12. The molecule has 0 rings (SSSR count). The molecule has 1 atom stereocenters. The lowest BCUT2D eigenvalue weighted by molar-refractivity contribution is -0.124. The van der Waals surface area contributed by atoms with Crippen LogP contribution in [-0.4, -0.2) is 67.6 Å².